The van der Waals surface area contributed by atoms with Crippen LogP contribution in [0.3, 0.4) is 0 Å². The van der Waals surface area contributed by atoms with Crippen molar-refractivity contribution in [2.45, 2.75) is 0 Å². The summed E-state index contributed by atoms with van der Waals surface area (Å²) < 4.78 is 0. The maximum atomic E-state index is 10.9. The van der Waals surface area contributed by atoms with Crippen molar-refractivity contribution in [1.82, 2.24) is 0 Å². The van der Waals surface area contributed by atoms with E-state index in [-0.39, 0.29) is 10.7 Å². The number of nitrogens with two attached hydrogens (primary N) is 1. The molecule has 80 valence electrons. The molecule has 16 heavy (non-hydrogen) atoms. The minimum atomic E-state index is -0.426. The number of nitro groups is 1. The Bertz CT molecular complexity index is 547. The Morgan fingerprint density at radius 2 is 1.88 bits per heavy atom. The normalized spacial score (nSPS) is 10.2. The molecular formula is C11H8N2O2S. The second kappa shape index (κ2) is 3.86. The average Bonchev–Trinajstić information content (AvgIpc) is 2.27. The molecule has 2 aromatic rings. The molecule has 5 heteroatoms. The Morgan fingerprint density at radius 3 is 2.44 bits per heavy atom. The lowest BCUT2D eigenvalue weighted by atomic mass is 10.0. The van der Waals surface area contributed by atoms with Gasteiger partial charge in [0.25, 0.3) is 5.69 Å². The van der Waals surface area contributed by atoms with Crippen molar-refractivity contribution < 1.29 is 4.92 Å². The lowest BCUT2D eigenvalue weighted by molar-refractivity contribution is -0.383. The van der Waals surface area contributed by atoms with Crippen molar-refractivity contribution in [3.05, 3.63) is 52.1 Å². The highest BCUT2D eigenvalue weighted by Gasteiger charge is 2.15. The first-order valence-electron chi connectivity index (χ1n) is 4.57. The average molecular weight is 232 g/mol. The second-order valence-corrected chi connectivity index (χ2v) is 3.74. The van der Waals surface area contributed by atoms with Gasteiger partial charge in [0, 0.05) is 11.6 Å². The maximum absolute atomic E-state index is 10.9. The summed E-state index contributed by atoms with van der Waals surface area (Å²) in [4.78, 5) is 10.7. The van der Waals surface area contributed by atoms with Gasteiger partial charge in [-0.05, 0) is 5.39 Å². The van der Waals surface area contributed by atoms with Gasteiger partial charge in [0.15, 0.2) is 0 Å². The van der Waals surface area contributed by atoms with Gasteiger partial charge < -0.3 is 5.73 Å². The van der Waals surface area contributed by atoms with Crippen molar-refractivity contribution in [3.63, 3.8) is 0 Å². The van der Waals surface area contributed by atoms with Crippen molar-refractivity contribution in [2.24, 2.45) is 5.73 Å². The van der Waals surface area contributed by atoms with Crippen LogP contribution in [0.2, 0.25) is 0 Å². The Balaban J connectivity index is 2.92. The summed E-state index contributed by atoms with van der Waals surface area (Å²) in [6.07, 6.45) is 0. The quantitative estimate of drug-likeness (QED) is 0.490. The van der Waals surface area contributed by atoms with Gasteiger partial charge in [-0.2, -0.15) is 0 Å². The molecule has 0 unspecified atom stereocenters. The molecule has 0 spiro atoms. The van der Waals surface area contributed by atoms with E-state index in [1.165, 1.54) is 6.07 Å². The highest BCUT2D eigenvalue weighted by molar-refractivity contribution is 7.80. The van der Waals surface area contributed by atoms with Crippen molar-refractivity contribution >= 4 is 33.7 Å². The summed E-state index contributed by atoms with van der Waals surface area (Å²) in [5.41, 5.74) is 6.13. The third kappa shape index (κ3) is 1.61. The van der Waals surface area contributed by atoms with Crippen LogP contribution in [0.15, 0.2) is 36.4 Å². The molecule has 0 fully saturated rings. The predicted octanol–water partition coefficient (Wildman–Crippen LogP) is 2.38. The molecule has 0 saturated carbocycles. The van der Waals surface area contributed by atoms with E-state index in [0.29, 0.717) is 10.9 Å². The number of rotatable bonds is 2. The first-order valence-corrected chi connectivity index (χ1v) is 4.98. The van der Waals surface area contributed by atoms with Gasteiger partial charge in [-0.15, -0.1) is 0 Å². The van der Waals surface area contributed by atoms with Crippen molar-refractivity contribution in [2.75, 3.05) is 0 Å². The molecule has 0 radical (unpaired) electrons. The Hall–Kier alpha value is -2.01. The summed E-state index contributed by atoms with van der Waals surface area (Å²) in [6.45, 7) is 0. The van der Waals surface area contributed by atoms with Gasteiger partial charge in [-0.25, -0.2) is 0 Å². The number of non-ortho nitro benzene ring substituents is 1. The van der Waals surface area contributed by atoms with Crippen LogP contribution in [-0.4, -0.2) is 9.91 Å². The van der Waals surface area contributed by atoms with Crippen LogP contribution >= 0.6 is 12.2 Å². The van der Waals surface area contributed by atoms with E-state index in [0.717, 1.165) is 5.39 Å². The molecule has 2 aromatic carbocycles. The van der Waals surface area contributed by atoms with Crippen LogP contribution in [-0.2, 0) is 0 Å². The number of nitro benzene ring substituents is 1. The minimum Gasteiger partial charge on any atom is -0.389 e. The molecule has 2 N–H and O–H groups in total. The summed E-state index contributed by atoms with van der Waals surface area (Å²) in [6, 6.07) is 10.2. The zero-order valence-corrected chi connectivity index (χ0v) is 9.03. The molecule has 0 atom stereocenters. The van der Waals surface area contributed by atoms with Gasteiger partial charge in [-0.1, -0.05) is 42.5 Å². The maximum Gasteiger partial charge on any atom is 0.277 e. The largest absolute Gasteiger partial charge is 0.389 e. The Labute approximate surface area is 96.8 Å². The lowest BCUT2D eigenvalue weighted by Crippen LogP contribution is -2.10. The standard InChI is InChI=1S/C11H8N2O2S/c12-11(16)8-5-1-3-7-4-2-6-9(10(7)8)13(14)15/h1-6H,(H2,12,16). The molecule has 0 aromatic heterocycles. The van der Waals surface area contributed by atoms with Crippen LogP contribution in [0.1, 0.15) is 5.56 Å². The zero-order valence-electron chi connectivity index (χ0n) is 8.21. The Kier molecular flexibility index (Phi) is 2.54. The molecule has 0 saturated heterocycles. The van der Waals surface area contributed by atoms with Gasteiger partial charge in [-0.3, -0.25) is 10.1 Å². The molecule has 0 heterocycles. The summed E-state index contributed by atoms with van der Waals surface area (Å²) in [7, 11) is 0. The zero-order chi connectivity index (χ0) is 11.7. The number of hydrogen-bond acceptors (Lipinski definition) is 3. The van der Waals surface area contributed by atoms with Crippen LogP contribution in [0.5, 0.6) is 0 Å². The summed E-state index contributed by atoms with van der Waals surface area (Å²) >= 11 is 4.89. The molecule has 4 nitrogen and oxygen atoms in total. The molecular weight excluding hydrogens is 224 g/mol. The number of thiocarbonyl (C=S) groups is 1. The lowest BCUT2D eigenvalue weighted by Gasteiger charge is -2.04. The number of fused-ring (bicyclic) bond motifs is 1. The van der Waals surface area contributed by atoms with E-state index in [1.54, 1.807) is 30.3 Å². The molecule has 2 rings (SSSR count). The second-order valence-electron chi connectivity index (χ2n) is 3.30. The first-order chi connectivity index (χ1) is 7.61. The van der Waals surface area contributed by atoms with Crippen molar-refractivity contribution in [3.8, 4) is 0 Å². The van der Waals surface area contributed by atoms with Crippen LogP contribution in [0.4, 0.5) is 5.69 Å². The fraction of sp³-hybridized carbons (Fsp3) is 0. The smallest absolute Gasteiger partial charge is 0.277 e. The van der Waals surface area contributed by atoms with Gasteiger partial charge >= 0.3 is 0 Å². The van der Waals surface area contributed by atoms with Gasteiger partial charge in [0.1, 0.15) is 4.99 Å². The van der Waals surface area contributed by atoms with Gasteiger partial charge in [0.05, 0.1) is 10.3 Å². The molecule has 0 amide bonds. The molecule has 0 bridgehead atoms. The molecule has 0 aliphatic heterocycles. The van der Waals surface area contributed by atoms with Crippen LogP contribution in [0, 0.1) is 10.1 Å². The van der Waals surface area contributed by atoms with E-state index in [9.17, 15) is 10.1 Å². The molecule has 0 aliphatic carbocycles. The van der Waals surface area contributed by atoms with E-state index in [2.05, 4.69) is 0 Å². The Morgan fingerprint density at radius 1 is 1.25 bits per heavy atom. The first kappa shape index (κ1) is 10.5. The SMILES string of the molecule is NC(=S)c1cccc2cccc([N+](=O)[O-])c12. The molecule has 0 aliphatic rings. The minimum absolute atomic E-state index is 0.0286. The third-order valence-electron chi connectivity index (χ3n) is 2.34. The number of benzene rings is 2. The number of nitrogens with zero attached hydrogens (tertiary/aromatic N) is 1. The van der Waals surface area contributed by atoms with Crippen molar-refractivity contribution in [1.29, 1.82) is 0 Å². The summed E-state index contributed by atoms with van der Waals surface area (Å²) in [5.74, 6) is 0. The highest BCUT2D eigenvalue weighted by atomic mass is 32.1. The van der Waals surface area contributed by atoms with Crippen LogP contribution in [0.25, 0.3) is 10.8 Å². The topological polar surface area (TPSA) is 69.2 Å². The van der Waals surface area contributed by atoms with E-state index >= 15 is 0 Å². The monoisotopic (exact) mass is 232 g/mol. The van der Waals surface area contributed by atoms with E-state index in [1.807, 2.05) is 0 Å². The van der Waals surface area contributed by atoms with E-state index in [4.69, 9.17) is 18.0 Å². The predicted molar refractivity (Wildman–Crippen MR) is 66.5 cm³/mol. The van der Waals surface area contributed by atoms with Gasteiger partial charge in [0.2, 0.25) is 0 Å². The fourth-order valence-electron chi connectivity index (χ4n) is 1.68. The van der Waals surface area contributed by atoms with Crippen LogP contribution < -0.4 is 5.73 Å². The number of hydrogen-bond donors (Lipinski definition) is 1. The third-order valence-corrected chi connectivity index (χ3v) is 2.56. The fourth-order valence-corrected chi connectivity index (χ4v) is 1.85. The van der Waals surface area contributed by atoms with E-state index < -0.39 is 4.92 Å². The highest BCUT2D eigenvalue weighted by Crippen LogP contribution is 2.28. The summed E-state index contributed by atoms with van der Waals surface area (Å²) in [5, 5.41) is 12.2.